The second-order valence-electron chi connectivity index (χ2n) is 4.35. The average Bonchev–Trinajstić information content (AvgIpc) is 2.39. The number of pyridine rings is 1. The lowest BCUT2D eigenvalue weighted by Crippen LogP contribution is -2.26. The molecular formula is C15H16N2O. The van der Waals surface area contributed by atoms with E-state index in [2.05, 4.69) is 4.98 Å². The van der Waals surface area contributed by atoms with Crippen molar-refractivity contribution in [1.82, 2.24) is 9.88 Å². The van der Waals surface area contributed by atoms with Gasteiger partial charge in [-0.3, -0.25) is 9.78 Å². The van der Waals surface area contributed by atoms with Crippen molar-refractivity contribution in [3.8, 4) is 0 Å². The van der Waals surface area contributed by atoms with Crippen LogP contribution in [0.15, 0.2) is 48.7 Å². The van der Waals surface area contributed by atoms with Crippen LogP contribution in [0.5, 0.6) is 0 Å². The number of hydrogen-bond acceptors (Lipinski definition) is 2. The largest absolute Gasteiger partial charge is 0.336 e. The molecule has 3 nitrogen and oxygen atoms in total. The molecule has 0 aliphatic carbocycles. The number of benzene rings is 1. The van der Waals surface area contributed by atoms with Gasteiger partial charge in [0, 0.05) is 18.8 Å². The van der Waals surface area contributed by atoms with Crippen LogP contribution in [-0.2, 0) is 6.54 Å². The van der Waals surface area contributed by atoms with Crippen LogP contribution < -0.4 is 0 Å². The highest BCUT2D eigenvalue weighted by Crippen LogP contribution is 2.08. The van der Waals surface area contributed by atoms with Gasteiger partial charge >= 0.3 is 0 Å². The van der Waals surface area contributed by atoms with Crippen molar-refractivity contribution in [1.29, 1.82) is 0 Å². The van der Waals surface area contributed by atoms with E-state index in [0.717, 1.165) is 11.3 Å². The molecule has 0 unspecified atom stereocenters. The van der Waals surface area contributed by atoms with Crippen molar-refractivity contribution in [3.63, 3.8) is 0 Å². The van der Waals surface area contributed by atoms with Crippen LogP contribution in [0.3, 0.4) is 0 Å². The molecular weight excluding hydrogens is 224 g/mol. The molecule has 0 atom stereocenters. The van der Waals surface area contributed by atoms with E-state index in [-0.39, 0.29) is 5.91 Å². The Hall–Kier alpha value is -2.16. The molecule has 0 spiro atoms. The number of carbonyl (C=O) groups is 1. The van der Waals surface area contributed by atoms with Crippen molar-refractivity contribution in [2.24, 2.45) is 0 Å². The number of amides is 1. The number of rotatable bonds is 3. The molecule has 0 fully saturated rings. The fourth-order valence-corrected chi connectivity index (χ4v) is 1.80. The van der Waals surface area contributed by atoms with Gasteiger partial charge in [0.15, 0.2) is 0 Å². The first-order chi connectivity index (χ1) is 8.66. The molecule has 0 bridgehead atoms. The van der Waals surface area contributed by atoms with Gasteiger partial charge in [0.1, 0.15) is 0 Å². The number of hydrogen-bond donors (Lipinski definition) is 0. The summed E-state index contributed by atoms with van der Waals surface area (Å²) in [4.78, 5) is 18.1. The van der Waals surface area contributed by atoms with E-state index in [1.165, 1.54) is 0 Å². The molecule has 0 aliphatic heterocycles. The second-order valence-corrected chi connectivity index (χ2v) is 4.35. The summed E-state index contributed by atoms with van der Waals surface area (Å²) in [5, 5.41) is 0. The van der Waals surface area contributed by atoms with E-state index in [9.17, 15) is 4.79 Å². The molecule has 18 heavy (non-hydrogen) atoms. The molecule has 0 aliphatic rings. The third-order valence-corrected chi connectivity index (χ3v) is 2.74. The zero-order valence-electron chi connectivity index (χ0n) is 10.6. The predicted octanol–water partition coefficient (Wildman–Crippen LogP) is 2.66. The van der Waals surface area contributed by atoms with Crippen LogP contribution in [0.25, 0.3) is 0 Å². The van der Waals surface area contributed by atoms with Crippen LogP contribution in [-0.4, -0.2) is 22.8 Å². The zero-order chi connectivity index (χ0) is 13.0. The lowest BCUT2D eigenvalue weighted by atomic mass is 10.1. The first-order valence-corrected chi connectivity index (χ1v) is 5.89. The Morgan fingerprint density at radius 3 is 2.72 bits per heavy atom. The van der Waals surface area contributed by atoms with Gasteiger partial charge in [-0.15, -0.1) is 0 Å². The lowest BCUT2D eigenvalue weighted by molar-refractivity contribution is 0.0783. The van der Waals surface area contributed by atoms with E-state index >= 15 is 0 Å². The summed E-state index contributed by atoms with van der Waals surface area (Å²) in [6.45, 7) is 2.50. The summed E-state index contributed by atoms with van der Waals surface area (Å²) in [5.74, 6) is 0.0179. The zero-order valence-corrected chi connectivity index (χ0v) is 10.6. The SMILES string of the molecule is Cc1cccc(C(=O)N(C)Cc2ccccn2)c1. The molecule has 0 N–H and O–H groups in total. The van der Waals surface area contributed by atoms with E-state index in [4.69, 9.17) is 0 Å². The van der Waals surface area contributed by atoms with Crippen LogP contribution in [0, 0.1) is 6.92 Å². The topological polar surface area (TPSA) is 33.2 Å². The second kappa shape index (κ2) is 5.45. The highest BCUT2D eigenvalue weighted by atomic mass is 16.2. The van der Waals surface area contributed by atoms with Gasteiger partial charge in [-0.2, -0.15) is 0 Å². The molecule has 1 aromatic carbocycles. The first-order valence-electron chi connectivity index (χ1n) is 5.89. The number of carbonyl (C=O) groups excluding carboxylic acids is 1. The smallest absolute Gasteiger partial charge is 0.253 e. The summed E-state index contributed by atoms with van der Waals surface area (Å²) in [6, 6.07) is 13.3. The Labute approximate surface area is 107 Å². The summed E-state index contributed by atoms with van der Waals surface area (Å²) in [6.07, 6.45) is 1.74. The third kappa shape index (κ3) is 2.94. The molecule has 0 saturated carbocycles. The minimum Gasteiger partial charge on any atom is -0.336 e. The molecule has 1 aromatic heterocycles. The Balaban J connectivity index is 2.10. The monoisotopic (exact) mass is 240 g/mol. The van der Waals surface area contributed by atoms with Gasteiger partial charge in [0.05, 0.1) is 12.2 Å². The first kappa shape index (κ1) is 12.3. The summed E-state index contributed by atoms with van der Waals surface area (Å²) in [7, 11) is 1.79. The van der Waals surface area contributed by atoms with Crippen molar-refractivity contribution in [3.05, 3.63) is 65.5 Å². The van der Waals surface area contributed by atoms with E-state index in [1.54, 1.807) is 18.1 Å². The molecule has 2 rings (SSSR count). The minimum absolute atomic E-state index is 0.0179. The molecule has 2 aromatic rings. The normalized spacial score (nSPS) is 10.1. The number of aryl methyl sites for hydroxylation is 1. The summed E-state index contributed by atoms with van der Waals surface area (Å²) >= 11 is 0. The molecule has 0 radical (unpaired) electrons. The van der Waals surface area contributed by atoms with Crippen LogP contribution in [0.1, 0.15) is 21.6 Å². The maximum absolute atomic E-state index is 12.2. The van der Waals surface area contributed by atoms with Crippen molar-refractivity contribution >= 4 is 5.91 Å². The molecule has 3 heteroatoms. The van der Waals surface area contributed by atoms with E-state index < -0.39 is 0 Å². The minimum atomic E-state index is 0.0179. The molecule has 0 saturated heterocycles. The highest BCUT2D eigenvalue weighted by Gasteiger charge is 2.12. The van der Waals surface area contributed by atoms with Crippen LogP contribution >= 0.6 is 0 Å². The van der Waals surface area contributed by atoms with E-state index in [1.807, 2.05) is 49.4 Å². The van der Waals surface area contributed by atoms with Gasteiger partial charge in [-0.1, -0.05) is 23.8 Å². The maximum Gasteiger partial charge on any atom is 0.253 e. The predicted molar refractivity (Wildman–Crippen MR) is 71.2 cm³/mol. The molecule has 1 amide bonds. The van der Waals surface area contributed by atoms with Gasteiger partial charge in [0.25, 0.3) is 5.91 Å². The van der Waals surface area contributed by atoms with Crippen LogP contribution in [0.4, 0.5) is 0 Å². The maximum atomic E-state index is 12.2. The standard InChI is InChI=1S/C15H16N2O/c1-12-6-5-7-13(10-12)15(18)17(2)11-14-8-3-4-9-16-14/h3-10H,11H2,1-2H3. The highest BCUT2D eigenvalue weighted by molar-refractivity contribution is 5.94. The number of nitrogens with zero attached hydrogens (tertiary/aromatic N) is 2. The Kier molecular flexibility index (Phi) is 3.72. The quantitative estimate of drug-likeness (QED) is 0.826. The Morgan fingerprint density at radius 2 is 2.06 bits per heavy atom. The average molecular weight is 240 g/mol. The van der Waals surface area contributed by atoms with Gasteiger partial charge < -0.3 is 4.90 Å². The fourth-order valence-electron chi connectivity index (χ4n) is 1.80. The molecule has 92 valence electrons. The Bertz CT molecular complexity index is 537. The van der Waals surface area contributed by atoms with Crippen LogP contribution in [0.2, 0.25) is 0 Å². The van der Waals surface area contributed by atoms with Crippen molar-refractivity contribution in [2.45, 2.75) is 13.5 Å². The fraction of sp³-hybridized carbons (Fsp3) is 0.200. The molecule has 1 heterocycles. The third-order valence-electron chi connectivity index (χ3n) is 2.74. The summed E-state index contributed by atoms with van der Waals surface area (Å²) in [5.41, 5.74) is 2.70. The van der Waals surface area contributed by atoms with E-state index in [0.29, 0.717) is 12.1 Å². The van der Waals surface area contributed by atoms with Gasteiger partial charge in [-0.25, -0.2) is 0 Å². The van der Waals surface area contributed by atoms with Gasteiger partial charge in [0.2, 0.25) is 0 Å². The Morgan fingerprint density at radius 1 is 1.22 bits per heavy atom. The lowest BCUT2D eigenvalue weighted by Gasteiger charge is -2.16. The van der Waals surface area contributed by atoms with Gasteiger partial charge in [-0.05, 0) is 31.2 Å². The van der Waals surface area contributed by atoms with Crippen molar-refractivity contribution < 1.29 is 4.79 Å². The van der Waals surface area contributed by atoms with Crippen molar-refractivity contribution in [2.75, 3.05) is 7.05 Å². The summed E-state index contributed by atoms with van der Waals surface area (Å²) < 4.78 is 0. The number of aromatic nitrogens is 1.